The van der Waals surface area contributed by atoms with Crippen molar-refractivity contribution in [1.29, 1.82) is 0 Å². The fraction of sp³-hybridized carbons (Fsp3) is 0.192. The van der Waals surface area contributed by atoms with Crippen molar-refractivity contribution >= 4 is 29.2 Å². The summed E-state index contributed by atoms with van der Waals surface area (Å²) in [5.74, 6) is -2.46. The topological polar surface area (TPSA) is 96.4 Å². The number of anilines is 2. The number of hydrogen-bond acceptors (Lipinski definition) is 6. The lowest BCUT2D eigenvalue weighted by Crippen LogP contribution is -2.37. The van der Waals surface area contributed by atoms with E-state index >= 15 is 0 Å². The first kappa shape index (κ1) is 21.7. The maximum Gasteiger partial charge on any atom is 0.336 e. The second-order valence-corrected chi connectivity index (χ2v) is 7.99. The number of carboxylic acid groups (broad SMARTS) is 1. The number of benzene rings is 3. The zero-order valence-corrected chi connectivity index (χ0v) is 18.3. The molecule has 2 aliphatic heterocycles. The molecule has 0 radical (unpaired) electrons. The molecule has 0 saturated carbocycles. The van der Waals surface area contributed by atoms with E-state index < -0.39 is 35.8 Å². The maximum absolute atomic E-state index is 13.7. The van der Waals surface area contributed by atoms with Crippen LogP contribution in [0.1, 0.15) is 28.9 Å². The molecule has 5 rings (SSSR count). The molecule has 0 spiro atoms. The molecular weight excluding hydrogens is 436 g/mol. The second-order valence-electron chi connectivity index (χ2n) is 7.99. The van der Waals surface area contributed by atoms with Crippen molar-refractivity contribution in [3.63, 3.8) is 0 Å². The molecule has 3 aromatic rings. The van der Waals surface area contributed by atoms with Gasteiger partial charge in [0.05, 0.1) is 29.6 Å². The Kier molecular flexibility index (Phi) is 5.51. The third-order valence-corrected chi connectivity index (χ3v) is 6.02. The largest absolute Gasteiger partial charge is 0.494 e. The molecule has 3 aromatic carbocycles. The predicted octanol–water partition coefficient (Wildman–Crippen LogP) is 3.83. The van der Waals surface area contributed by atoms with E-state index in [9.17, 15) is 19.5 Å². The number of fused-ring (bicyclic) bond motifs is 1. The number of carbonyl (C=O) groups is 3. The summed E-state index contributed by atoms with van der Waals surface area (Å²) in [5.41, 5.74) is 1.45. The van der Waals surface area contributed by atoms with Crippen LogP contribution < -0.4 is 14.7 Å². The zero-order valence-electron chi connectivity index (χ0n) is 18.3. The summed E-state index contributed by atoms with van der Waals surface area (Å²) in [5, 5.41) is 11.3. The molecule has 2 saturated heterocycles. The van der Waals surface area contributed by atoms with Crippen LogP contribution >= 0.6 is 0 Å². The van der Waals surface area contributed by atoms with E-state index in [1.165, 1.54) is 11.1 Å². The van der Waals surface area contributed by atoms with Gasteiger partial charge in [-0.15, -0.1) is 0 Å². The Hall–Kier alpha value is -4.17. The van der Waals surface area contributed by atoms with Gasteiger partial charge in [-0.3, -0.25) is 14.4 Å². The molecule has 34 heavy (non-hydrogen) atoms. The molecular formula is C26H22N2O6. The normalized spacial score (nSPS) is 21.6. The van der Waals surface area contributed by atoms with Crippen molar-refractivity contribution in [2.75, 3.05) is 16.6 Å². The van der Waals surface area contributed by atoms with Gasteiger partial charge in [0, 0.05) is 6.07 Å². The van der Waals surface area contributed by atoms with Crippen LogP contribution in [0.15, 0.2) is 78.9 Å². The fourth-order valence-electron chi connectivity index (χ4n) is 4.61. The Morgan fingerprint density at radius 1 is 0.941 bits per heavy atom. The summed E-state index contributed by atoms with van der Waals surface area (Å²) in [7, 11) is 0. The van der Waals surface area contributed by atoms with Gasteiger partial charge in [0.15, 0.2) is 6.10 Å². The first-order chi connectivity index (χ1) is 16.5. The number of amides is 2. The summed E-state index contributed by atoms with van der Waals surface area (Å²) >= 11 is 0. The SMILES string of the molecule is CCOc1cccc(N2C(=O)C3ON(c4ccccc4)C(c4ccccc4C(=O)O)C3C2=O)c1. The molecule has 0 aliphatic carbocycles. The quantitative estimate of drug-likeness (QED) is 0.561. The van der Waals surface area contributed by atoms with E-state index in [2.05, 4.69) is 0 Å². The lowest BCUT2D eigenvalue weighted by molar-refractivity contribution is -0.126. The number of rotatable bonds is 6. The number of carboxylic acids is 1. The highest BCUT2D eigenvalue weighted by Crippen LogP contribution is 2.48. The van der Waals surface area contributed by atoms with E-state index in [4.69, 9.17) is 9.57 Å². The molecule has 2 heterocycles. The minimum absolute atomic E-state index is 0.0507. The van der Waals surface area contributed by atoms with E-state index in [1.807, 2.05) is 25.1 Å². The van der Waals surface area contributed by atoms with Gasteiger partial charge in [-0.05, 0) is 42.8 Å². The third-order valence-electron chi connectivity index (χ3n) is 6.02. The van der Waals surface area contributed by atoms with Crippen LogP contribution in [0, 0.1) is 5.92 Å². The highest BCUT2D eigenvalue weighted by atomic mass is 16.7. The van der Waals surface area contributed by atoms with Gasteiger partial charge in [0.1, 0.15) is 11.7 Å². The van der Waals surface area contributed by atoms with Gasteiger partial charge in [0.25, 0.3) is 5.91 Å². The molecule has 8 nitrogen and oxygen atoms in total. The number of hydrogen-bond donors (Lipinski definition) is 1. The molecule has 2 amide bonds. The number of carbonyl (C=O) groups excluding carboxylic acids is 2. The van der Waals surface area contributed by atoms with Crippen LogP contribution in [0.2, 0.25) is 0 Å². The molecule has 2 aliphatic rings. The Morgan fingerprint density at radius 2 is 1.65 bits per heavy atom. The van der Waals surface area contributed by atoms with Gasteiger partial charge in [-0.1, -0.05) is 42.5 Å². The van der Waals surface area contributed by atoms with Crippen LogP contribution in [0.4, 0.5) is 11.4 Å². The minimum Gasteiger partial charge on any atom is -0.494 e. The van der Waals surface area contributed by atoms with Gasteiger partial charge in [0.2, 0.25) is 5.91 Å². The first-order valence-electron chi connectivity index (χ1n) is 10.9. The van der Waals surface area contributed by atoms with Gasteiger partial charge < -0.3 is 9.84 Å². The lowest BCUT2D eigenvalue weighted by atomic mass is 9.88. The number of para-hydroxylation sites is 1. The van der Waals surface area contributed by atoms with Gasteiger partial charge in [-0.2, -0.15) is 0 Å². The van der Waals surface area contributed by atoms with Crippen molar-refractivity contribution in [2.24, 2.45) is 5.92 Å². The Bertz CT molecular complexity index is 1260. The summed E-state index contributed by atoms with van der Waals surface area (Å²) in [6.45, 7) is 2.29. The van der Waals surface area contributed by atoms with E-state index in [1.54, 1.807) is 54.6 Å². The number of nitrogens with zero attached hydrogens (tertiary/aromatic N) is 2. The summed E-state index contributed by atoms with van der Waals surface area (Å²) in [6.07, 6.45) is -1.09. The number of ether oxygens (including phenoxy) is 1. The van der Waals surface area contributed by atoms with Crippen LogP contribution in [0.5, 0.6) is 5.75 Å². The molecule has 0 bridgehead atoms. The number of aromatic carboxylic acids is 1. The molecule has 0 aromatic heterocycles. The van der Waals surface area contributed by atoms with Crippen LogP contribution in [0.3, 0.4) is 0 Å². The average molecular weight is 458 g/mol. The Morgan fingerprint density at radius 3 is 2.38 bits per heavy atom. The van der Waals surface area contributed by atoms with Crippen molar-refractivity contribution in [2.45, 2.75) is 19.1 Å². The maximum atomic E-state index is 13.7. The molecule has 1 N–H and O–H groups in total. The van der Waals surface area contributed by atoms with Crippen LogP contribution in [-0.2, 0) is 14.4 Å². The van der Waals surface area contributed by atoms with E-state index in [-0.39, 0.29) is 5.56 Å². The van der Waals surface area contributed by atoms with Crippen molar-refractivity contribution in [1.82, 2.24) is 0 Å². The number of imide groups is 1. The van der Waals surface area contributed by atoms with Crippen LogP contribution in [0.25, 0.3) is 0 Å². The number of hydroxylamine groups is 1. The smallest absolute Gasteiger partial charge is 0.336 e. The van der Waals surface area contributed by atoms with Gasteiger partial charge in [-0.25, -0.2) is 14.8 Å². The summed E-state index contributed by atoms with van der Waals surface area (Å²) in [6, 6.07) is 21.5. The minimum atomic E-state index is -1.12. The highest BCUT2D eigenvalue weighted by Gasteiger charge is 2.60. The predicted molar refractivity (Wildman–Crippen MR) is 124 cm³/mol. The van der Waals surface area contributed by atoms with E-state index in [0.29, 0.717) is 29.3 Å². The lowest BCUT2D eigenvalue weighted by Gasteiger charge is -2.29. The molecule has 172 valence electrons. The molecule has 8 heteroatoms. The van der Waals surface area contributed by atoms with E-state index in [0.717, 1.165) is 4.90 Å². The first-order valence-corrected chi connectivity index (χ1v) is 10.9. The molecule has 3 atom stereocenters. The average Bonchev–Trinajstić information content (AvgIpc) is 3.36. The molecule has 3 unspecified atom stereocenters. The van der Waals surface area contributed by atoms with Crippen molar-refractivity contribution in [3.05, 3.63) is 90.0 Å². The van der Waals surface area contributed by atoms with Crippen molar-refractivity contribution in [3.8, 4) is 5.75 Å². The fourth-order valence-corrected chi connectivity index (χ4v) is 4.61. The Balaban J connectivity index is 1.60. The standard InChI is InChI=1S/C26H22N2O6/c1-2-33-18-12-8-11-17(15-18)27-24(29)21-22(19-13-6-7-14-20(19)26(31)32)28(34-23(21)25(27)30)16-9-4-3-5-10-16/h3-15,21-23H,2H2,1H3,(H,31,32). The van der Waals surface area contributed by atoms with Crippen LogP contribution in [-0.4, -0.2) is 35.6 Å². The third kappa shape index (κ3) is 3.48. The zero-order chi connectivity index (χ0) is 23.8. The monoisotopic (exact) mass is 458 g/mol. The summed E-state index contributed by atoms with van der Waals surface area (Å²) in [4.78, 5) is 46.4. The van der Waals surface area contributed by atoms with Gasteiger partial charge >= 0.3 is 5.97 Å². The Labute approximate surface area is 195 Å². The van der Waals surface area contributed by atoms with Crippen molar-refractivity contribution < 1.29 is 29.1 Å². The second kappa shape index (κ2) is 8.64. The molecule has 2 fully saturated rings. The summed E-state index contributed by atoms with van der Waals surface area (Å²) < 4.78 is 5.52. The highest BCUT2D eigenvalue weighted by molar-refractivity contribution is 6.24.